The van der Waals surface area contributed by atoms with Gasteiger partial charge in [0.2, 0.25) is 0 Å². The number of hydrogen-bond donors (Lipinski definition) is 3. The predicted octanol–water partition coefficient (Wildman–Crippen LogP) is -2.53. The second-order valence-electron chi connectivity index (χ2n) is 5.51. The van der Waals surface area contributed by atoms with E-state index in [2.05, 4.69) is 40.4 Å². The first-order chi connectivity index (χ1) is 10.9. The molecule has 5 radical (unpaired) electrons. The zero-order chi connectivity index (χ0) is 16.1. The van der Waals surface area contributed by atoms with Crippen molar-refractivity contribution in [2.24, 2.45) is 0 Å². The molecule has 3 rings (SSSR count). The molecule has 0 aliphatic carbocycles. The first kappa shape index (κ1) is 58.8. The van der Waals surface area contributed by atoms with Crippen molar-refractivity contribution >= 4 is 8.41 Å². The van der Waals surface area contributed by atoms with E-state index >= 15 is 0 Å². The van der Waals surface area contributed by atoms with Crippen LogP contribution in [0.25, 0.3) is 10.6 Å². The number of unbranched alkanes of at least 4 members (excludes halogenated alkanes) is 1. The molecular formula is C20H48BLi2N5Y2-3. The van der Waals surface area contributed by atoms with E-state index in [4.69, 9.17) is 0 Å². The molecule has 167 valence electrons. The standard InChI is InChI=1S/C5H10N.C4H10N2.C4H9N2.C4H9.CH4.2CH3.B.2Li.2Y/c1-2-4-6-5-3-1;2*1-2-6-4-3-5-1;1-3-4-2;;;;;;;;/h1-5H2;5-6H,1-4H2;5H,1-4H2;1,3-4H2,2H3;1H4;2*1H3;;;;;/q-1;;2*-1;;2*-1;;2*+1;;. The van der Waals surface area contributed by atoms with Gasteiger partial charge in [0.05, 0.1) is 0 Å². The van der Waals surface area contributed by atoms with Crippen molar-refractivity contribution in [3.63, 3.8) is 0 Å². The Balaban J connectivity index is -0.0000000260. The molecule has 0 unspecified atom stereocenters. The van der Waals surface area contributed by atoms with Crippen LogP contribution in [0.3, 0.4) is 0 Å². The van der Waals surface area contributed by atoms with Gasteiger partial charge in [-0.15, -0.1) is 26.2 Å². The van der Waals surface area contributed by atoms with Crippen LogP contribution in [0.5, 0.6) is 0 Å². The third kappa shape index (κ3) is 57.8. The van der Waals surface area contributed by atoms with E-state index in [-0.39, 0.29) is 134 Å². The molecule has 3 N–H and O–H groups in total. The molecular weight excluding hydrogens is 513 g/mol. The molecule has 3 aliphatic heterocycles. The van der Waals surface area contributed by atoms with Gasteiger partial charge in [-0.2, -0.15) is 6.42 Å². The fraction of sp³-hybridized carbons (Fsp3) is 0.850. The Morgan fingerprint density at radius 2 is 0.967 bits per heavy atom. The molecule has 10 heteroatoms. The summed E-state index contributed by atoms with van der Waals surface area (Å²) in [6.45, 7) is 16.7. The van der Waals surface area contributed by atoms with E-state index < -0.39 is 0 Å². The summed E-state index contributed by atoms with van der Waals surface area (Å²) in [5, 5.41) is 17.9. The molecule has 5 nitrogen and oxygen atoms in total. The monoisotopic (exact) mass is 561 g/mol. The molecule has 3 aliphatic rings. The minimum absolute atomic E-state index is 0. The second-order valence-corrected chi connectivity index (χ2v) is 5.51. The molecule has 0 aromatic heterocycles. The van der Waals surface area contributed by atoms with Gasteiger partial charge in [0.15, 0.2) is 0 Å². The first-order valence-corrected chi connectivity index (χ1v) is 9.09. The molecule has 0 amide bonds. The smallest absolute Gasteiger partial charge is 0.662 e. The average molecular weight is 561 g/mol. The van der Waals surface area contributed by atoms with Gasteiger partial charge < -0.3 is 48.4 Å². The number of piperidine rings is 1. The zero-order valence-electron chi connectivity index (χ0n) is 20.4. The van der Waals surface area contributed by atoms with Gasteiger partial charge in [0, 0.05) is 100 Å². The minimum Gasteiger partial charge on any atom is -0.662 e. The molecule has 30 heavy (non-hydrogen) atoms. The number of nitrogens with one attached hydrogen (secondary N) is 3. The topological polar surface area (TPSA) is 64.3 Å². The van der Waals surface area contributed by atoms with Crippen molar-refractivity contribution in [2.75, 3.05) is 65.4 Å². The number of piperazine rings is 2. The molecule has 3 fully saturated rings. The van der Waals surface area contributed by atoms with Gasteiger partial charge in [-0.05, 0) is 13.1 Å². The normalized spacial score (nSPS) is 15.4. The van der Waals surface area contributed by atoms with Crippen molar-refractivity contribution in [1.82, 2.24) is 16.0 Å². The second kappa shape index (κ2) is 58.3. The molecule has 0 spiro atoms. The maximum Gasteiger partial charge on any atom is 1.00 e. The van der Waals surface area contributed by atoms with Gasteiger partial charge in [0.1, 0.15) is 0 Å². The van der Waals surface area contributed by atoms with Gasteiger partial charge >= 0.3 is 37.7 Å². The Morgan fingerprint density at radius 1 is 0.667 bits per heavy atom. The Hall–Kier alpha value is 3.27. The molecule has 0 bridgehead atoms. The third-order valence-electron chi connectivity index (χ3n) is 3.34. The Labute approximate surface area is 268 Å². The largest absolute Gasteiger partial charge is 1.00 e. The summed E-state index contributed by atoms with van der Waals surface area (Å²) in [6, 6.07) is 0. The van der Waals surface area contributed by atoms with Crippen LogP contribution in [0.1, 0.15) is 46.5 Å². The summed E-state index contributed by atoms with van der Waals surface area (Å²) < 4.78 is 0. The van der Waals surface area contributed by atoms with E-state index in [9.17, 15) is 0 Å². The summed E-state index contributed by atoms with van der Waals surface area (Å²) in [4.78, 5) is 0. The summed E-state index contributed by atoms with van der Waals surface area (Å²) >= 11 is 0. The molecule has 0 aromatic rings. The minimum atomic E-state index is 0. The fourth-order valence-corrected chi connectivity index (χ4v) is 1.89. The van der Waals surface area contributed by atoms with Crippen LogP contribution in [0.2, 0.25) is 0 Å². The van der Waals surface area contributed by atoms with Gasteiger partial charge in [0.25, 0.3) is 0 Å². The van der Waals surface area contributed by atoms with Crippen LogP contribution >= 0.6 is 0 Å². The van der Waals surface area contributed by atoms with Crippen molar-refractivity contribution < 1.29 is 103 Å². The number of rotatable bonds is 1. The van der Waals surface area contributed by atoms with E-state index in [0.717, 1.165) is 71.9 Å². The van der Waals surface area contributed by atoms with Crippen LogP contribution in [0.4, 0.5) is 0 Å². The van der Waals surface area contributed by atoms with Gasteiger partial charge in [-0.3, -0.25) is 0 Å². The van der Waals surface area contributed by atoms with Crippen molar-refractivity contribution in [3.05, 3.63) is 32.4 Å². The SMILES string of the molecule is C.C1CC[N-]CC1.C1CNCCN1.C1CNCC[N-]1.[B].[CH2-]CCC.[CH3-].[CH3-].[Li+].[Li+].[Y].[Y]. The summed E-state index contributed by atoms with van der Waals surface area (Å²) in [5.74, 6) is 0. The average Bonchev–Trinajstić information content (AvgIpc) is 2.67. The van der Waals surface area contributed by atoms with E-state index in [1.54, 1.807) is 0 Å². The maximum atomic E-state index is 4.18. The fourth-order valence-electron chi connectivity index (χ4n) is 1.89. The van der Waals surface area contributed by atoms with Crippen LogP contribution in [-0.4, -0.2) is 73.9 Å². The van der Waals surface area contributed by atoms with Crippen LogP contribution in [0, 0.1) is 21.8 Å². The van der Waals surface area contributed by atoms with E-state index in [1.165, 1.54) is 25.7 Å². The van der Waals surface area contributed by atoms with Crippen molar-refractivity contribution in [3.8, 4) is 0 Å². The van der Waals surface area contributed by atoms with E-state index in [0.29, 0.717) is 0 Å². The summed E-state index contributed by atoms with van der Waals surface area (Å²) in [6.07, 6.45) is 6.35. The van der Waals surface area contributed by atoms with Crippen LogP contribution in [-0.2, 0) is 65.4 Å². The predicted molar refractivity (Wildman–Crippen MR) is 124 cm³/mol. The third-order valence-corrected chi connectivity index (χ3v) is 3.34. The Kier molecular flexibility index (Phi) is 114. The van der Waals surface area contributed by atoms with E-state index in [1.807, 2.05) is 0 Å². The molecule has 3 saturated heterocycles. The molecule has 3 heterocycles. The first-order valence-electron chi connectivity index (χ1n) is 9.09. The van der Waals surface area contributed by atoms with Gasteiger partial charge in [-0.25, -0.2) is 0 Å². The summed E-state index contributed by atoms with van der Waals surface area (Å²) in [5.41, 5.74) is 0. The zero-order valence-corrected chi connectivity index (χ0v) is 26.1. The van der Waals surface area contributed by atoms with Crippen LogP contribution in [0.15, 0.2) is 0 Å². The Bertz CT molecular complexity index is 141. The van der Waals surface area contributed by atoms with Gasteiger partial charge in [-0.1, -0.05) is 40.0 Å². The van der Waals surface area contributed by atoms with Crippen molar-refractivity contribution in [1.29, 1.82) is 0 Å². The molecule has 0 aromatic carbocycles. The number of nitrogens with zero attached hydrogens (tertiary/aromatic N) is 2. The summed E-state index contributed by atoms with van der Waals surface area (Å²) in [7, 11) is 0. The quantitative estimate of drug-likeness (QED) is 0.245. The van der Waals surface area contributed by atoms with Crippen molar-refractivity contribution in [2.45, 2.75) is 46.5 Å². The number of hydrogen-bond acceptors (Lipinski definition) is 3. The Morgan fingerprint density at radius 3 is 1.07 bits per heavy atom. The molecule has 0 atom stereocenters. The maximum absolute atomic E-state index is 4.18. The van der Waals surface area contributed by atoms with Crippen LogP contribution < -0.4 is 53.7 Å². The molecule has 0 saturated carbocycles.